The molecule has 0 aliphatic carbocycles. The minimum absolute atomic E-state index is 0.322. The minimum atomic E-state index is 0.322. The van der Waals surface area contributed by atoms with Crippen molar-refractivity contribution in [3.05, 3.63) is 39.7 Å². The fourth-order valence-electron chi connectivity index (χ4n) is 2.15. The fourth-order valence-corrected chi connectivity index (χ4v) is 2.79. The van der Waals surface area contributed by atoms with Crippen LogP contribution in [0.25, 0.3) is 0 Å². The van der Waals surface area contributed by atoms with E-state index in [1.807, 2.05) is 25.6 Å². The first kappa shape index (κ1) is 13.3. The van der Waals surface area contributed by atoms with E-state index in [0.717, 1.165) is 30.9 Å². The van der Waals surface area contributed by atoms with E-state index in [4.69, 9.17) is 4.42 Å². The van der Waals surface area contributed by atoms with Crippen molar-refractivity contribution < 1.29 is 4.42 Å². The van der Waals surface area contributed by atoms with Crippen LogP contribution in [0.2, 0.25) is 0 Å². The maximum absolute atomic E-state index is 5.64. The summed E-state index contributed by atoms with van der Waals surface area (Å²) >= 11 is 1.71. The molecule has 0 radical (unpaired) electrons. The highest BCUT2D eigenvalue weighted by Crippen LogP contribution is 2.25. The molecule has 1 N–H and O–H groups in total. The standard InChI is InChI=1S/C14H20N2OS/c1-4-5-16-14(7-12-8-15-9-18-12)13-6-10(2)17-11(13)3/h6,8-9,14,16H,4-5,7H2,1-3H3. The van der Waals surface area contributed by atoms with E-state index in [0.29, 0.717) is 6.04 Å². The number of aromatic nitrogens is 1. The molecule has 0 amide bonds. The Kier molecular flexibility index (Phi) is 4.55. The van der Waals surface area contributed by atoms with Crippen molar-refractivity contribution in [2.75, 3.05) is 6.54 Å². The van der Waals surface area contributed by atoms with Gasteiger partial charge in [0.15, 0.2) is 0 Å². The van der Waals surface area contributed by atoms with Crippen molar-refractivity contribution in [3.63, 3.8) is 0 Å². The number of nitrogens with one attached hydrogen (secondary N) is 1. The van der Waals surface area contributed by atoms with Crippen LogP contribution in [0.15, 0.2) is 22.2 Å². The van der Waals surface area contributed by atoms with Gasteiger partial charge < -0.3 is 9.73 Å². The van der Waals surface area contributed by atoms with Gasteiger partial charge in [0.05, 0.1) is 5.51 Å². The predicted molar refractivity (Wildman–Crippen MR) is 75.0 cm³/mol. The van der Waals surface area contributed by atoms with Crippen molar-refractivity contribution in [2.24, 2.45) is 0 Å². The summed E-state index contributed by atoms with van der Waals surface area (Å²) in [7, 11) is 0. The van der Waals surface area contributed by atoms with Crippen LogP contribution in [0, 0.1) is 13.8 Å². The average Bonchev–Trinajstić information content (AvgIpc) is 2.94. The summed E-state index contributed by atoms with van der Waals surface area (Å²) in [6.07, 6.45) is 4.06. The zero-order valence-electron chi connectivity index (χ0n) is 11.2. The summed E-state index contributed by atoms with van der Waals surface area (Å²) in [5, 5.41) is 3.60. The van der Waals surface area contributed by atoms with E-state index in [-0.39, 0.29) is 0 Å². The molecule has 3 nitrogen and oxygen atoms in total. The second-order valence-corrected chi connectivity index (χ2v) is 5.52. The van der Waals surface area contributed by atoms with E-state index in [2.05, 4.69) is 23.3 Å². The predicted octanol–water partition coefficient (Wildman–Crippen LogP) is 3.64. The lowest BCUT2D eigenvalue weighted by atomic mass is 10.0. The molecule has 18 heavy (non-hydrogen) atoms. The topological polar surface area (TPSA) is 38.1 Å². The Morgan fingerprint density at radius 3 is 2.83 bits per heavy atom. The Hall–Kier alpha value is -1.13. The first-order chi connectivity index (χ1) is 8.70. The molecule has 1 atom stereocenters. The molecule has 2 aromatic rings. The number of furan rings is 1. The normalized spacial score (nSPS) is 12.8. The Morgan fingerprint density at radius 1 is 1.44 bits per heavy atom. The molecule has 2 heterocycles. The van der Waals surface area contributed by atoms with Gasteiger partial charge in [-0.3, -0.25) is 4.98 Å². The molecular weight excluding hydrogens is 244 g/mol. The van der Waals surface area contributed by atoms with Gasteiger partial charge in [-0.15, -0.1) is 11.3 Å². The van der Waals surface area contributed by atoms with Gasteiger partial charge in [0.2, 0.25) is 0 Å². The number of hydrogen-bond acceptors (Lipinski definition) is 4. The largest absolute Gasteiger partial charge is 0.466 e. The van der Waals surface area contributed by atoms with E-state index in [1.165, 1.54) is 10.4 Å². The number of thiazole rings is 1. The maximum Gasteiger partial charge on any atom is 0.105 e. The third-order valence-corrected chi connectivity index (χ3v) is 3.79. The van der Waals surface area contributed by atoms with Crippen molar-refractivity contribution in [1.29, 1.82) is 0 Å². The summed E-state index contributed by atoms with van der Waals surface area (Å²) in [6.45, 7) is 7.24. The molecule has 0 bridgehead atoms. The fraction of sp³-hybridized carbons (Fsp3) is 0.500. The highest BCUT2D eigenvalue weighted by Gasteiger charge is 2.17. The molecule has 0 saturated carbocycles. The molecule has 0 fully saturated rings. The summed E-state index contributed by atoms with van der Waals surface area (Å²) < 4.78 is 5.64. The molecule has 98 valence electrons. The monoisotopic (exact) mass is 264 g/mol. The lowest BCUT2D eigenvalue weighted by Crippen LogP contribution is -2.24. The molecule has 0 spiro atoms. The quantitative estimate of drug-likeness (QED) is 0.865. The van der Waals surface area contributed by atoms with Crippen molar-refractivity contribution in [1.82, 2.24) is 10.3 Å². The van der Waals surface area contributed by atoms with Gasteiger partial charge in [0.1, 0.15) is 11.5 Å². The molecule has 2 rings (SSSR count). The van der Waals surface area contributed by atoms with Gasteiger partial charge in [-0.1, -0.05) is 6.92 Å². The Balaban J connectivity index is 2.16. The molecule has 0 aliphatic rings. The number of rotatable bonds is 6. The van der Waals surface area contributed by atoms with Gasteiger partial charge >= 0.3 is 0 Å². The summed E-state index contributed by atoms with van der Waals surface area (Å²) in [6, 6.07) is 2.46. The zero-order valence-corrected chi connectivity index (χ0v) is 12.0. The van der Waals surface area contributed by atoms with Gasteiger partial charge in [0, 0.05) is 29.1 Å². The molecule has 1 unspecified atom stereocenters. The van der Waals surface area contributed by atoms with Crippen LogP contribution in [0.5, 0.6) is 0 Å². The second kappa shape index (κ2) is 6.16. The lowest BCUT2D eigenvalue weighted by molar-refractivity contribution is 0.481. The summed E-state index contributed by atoms with van der Waals surface area (Å²) in [5.41, 5.74) is 3.16. The molecular formula is C14H20N2OS. The van der Waals surface area contributed by atoms with E-state index in [1.54, 1.807) is 11.3 Å². The van der Waals surface area contributed by atoms with Crippen LogP contribution < -0.4 is 5.32 Å². The van der Waals surface area contributed by atoms with Gasteiger partial charge in [0.25, 0.3) is 0 Å². The van der Waals surface area contributed by atoms with Gasteiger partial charge in [-0.05, 0) is 32.9 Å². The molecule has 0 saturated heterocycles. The maximum atomic E-state index is 5.64. The molecule has 0 aromatic carbocycles. The smallest absolute Gasteiger partial charge is 0.105 e. The van der Waals surface area contributed by atoms with E-state index in [9.17, 15) is 0 Å². The van der Waals surface area contributed by atoms with Gasteiger partial charge in [-0.2, -0.15) is 0 Å². The number of hydrogen-bond donors (Lipinski definition) is 1. The molecule has 4 heteroatoms. The van der Waals surface area contributed by atoms with Crippen molar-refractivity contribution in [2.45, 2.75) is 39.7 Å². The zero-order chi connectivity index (χ0) is 13.0. The minimum Gasteiger partial charge on any atom is -0.466 e. The van der Waals surface area contributed by atoms with Crippen LogP contribution in [-0.4, -0.2) is 11.5 Å². The van der Waals surface area contributed by atoms with Crippen molar-refractivity contribution >= 4 is 11.3 Å². The van der Waals surface area contributed by atoms with Crippen molar-refractivity contribution in [3.8, 4) is 0 Å². The van der Waals surface area contributed by atoms with E-state index >= 15 is 0 Å². The summed E-state index contributed by atoms with van der Waals surface area (Å²) in [5.74, 6) is 2.00. The SMILES string of the molecule is CCCNC(Cc1cncs1)c1cc(C)oc1C. The lowest BCUT2D eigenvalue weighted by Gasteiger charge is -2.17. The Morgan fingerprint density at radius 2 is 2.28 bits per heavy atom. The Bertz CT molecular complexity index is 476. The van der Waals surface area contributed by atoms with Crippen LogP contribution in [0.3, 0.4) is 0 Å². The molecule has 0 aliphatic heterocycles. The first-order valence-electron chi connectivity index (χ1n) is 6.38. The second-order valence-electron chi connectivity index (χ2n) is 4.55. The number of nitrogens with zero attached hydrogens (tertiary/aromatic N) is 1. The Labute approximate surface area is 112 Å². The van der Waals surface area contributed by atoms with Crippen LogP contribution in [-0.2, 0) is 6.42 Å². The van der Waals surface area contributed by atoms with Crippen LogP contribution >= 0.6 is 11.3 Å². The van der Waals surface area contributed by atoms with Gasteiger partial charge in [-0.25, -0.2) is 0 Å². The highest BCUT2D eigenvalue weighted by atomic mass is 32.1. The average molecular weight is 264 g/mol. The van der Waals surface area contributed by atoms with Crippen LogP contribution in [0.1, 0.15) is 41.3 Å². The third-order valence-electron chi connectivity index (χ3n) is 2.98. The van der Waals surface area contributed by atoms with E-state index < -0.39 is 0 Å². The highest BCUT2D eigenvalue weighted by molar-refractivity contribution is 7.09. The number of aryl methyl sites for hydroxylation is 2. The molecule has 2 aromatic heterocycles. The van der Waals surface area contributed by atoms with Crippen LogP contribution in [0.4, 0.5) is 0 Å². The third kappa shape index (κ3) is 3.21. The summed E-state index contributed by atoms with van der Waals surface area (Å²) in [4.78, 5) is 5.45. The first-order valence-corrected chi connectivity index (χ1v) is 7.26.